The van der Waals surface area contributed by atoms with Gasteiger partial charge in [0.05, 0.1) is 5.41 Å². The molecule has 2 heterocycles. The lowest BCUT2D eigenvalue weighted by Gasteiger charge is -2.38. The summed E-state index contributed by atoms with van der Waals surface area (Å²) >= 11 is 6.22. The lowest BCUT2D eigenvalue weighted by molar-refractivity contribution is -0.124. The Morgan fingerprint density at radius 2 is 1.94 bits per heavy atom. The number of amides is 1. The lowest BCUT2D eigenvalue weighted by Crippen LogP contribution is -2.48. The highest BCUT2D eigenvalue weighted by atomic mass is 35.5. The number of piperidine rings is 1. The number of rotatable bonds is 7. The SMILES string of the molecule is CN1C(=O)C2(CCN(CCOc3cc(F)c([SH](=O)=O)c(CCN)c3)CC2)c2cc(Cl)ccc21. The number of anilines is 1. The summed E-state index contributed by atoms with van der Waals surface area (Å²) in [6, 6.07) is 8.24. The summed E-state index contributed by atoms with van der Waals surface area (Å²) in [6.45, 7) is 2.56. The van der Waals surface area contributed by atoms with Gasteiger partial charge < -0.3 is 15.4 Å². The highest BCUT2D eigenvalue weighted by Crippen LogP contribution is 2.48. The molecule has 0 unspecified atom stereocenters. The maximum absolute atomic E-state index is 14.3. The predicted octanol–water partition coefficient (Wildman–Crippen LogP) is 2.34. The zero-order chi connectivity index (χ0) is 23.8. The molecular weight excluding hydrogens is 469 g/mol. The number of hydrogen-bond donors (Lipinski definition) is 2. The van der Waals surface area contributed by atoms with Crippen molar-refractivity contribution in [3.63, 3.8) is 0 Å². The molecule has 0 aromatic heterocycles. The molecule has 1 fully saturated rings. The third-order valence-electron chi connectivity index (χ3n) is 6.65. The molecule has 178 valence electrons. The van der Waals surface area contributed by atoms with Gasteiger partial charge in [0, 0.05) is 30.4 Å². The van der Waals surface area contributed by atoms with Crippen LogP contribution in [-0.4, -0.2) is 59.1 Å². The number of carbonyl (C=O) groups is 1. The van der Waals surface area contributed by atoms with E-state index in [4.69, 9.17) is 22.1 Å². The Labute approximate surface area is 199 Å². The minimum Gasteiger partial charge on any atom is -0.492 e. The van der Waals surface area contributed by atoms with Crippen LogP contribution in [0.15, 0.2) is 35.2 Å². The van der Waals surface area contributed by atoms with Gasteiger partial charge in [-0.05, 0) is 74.3 Å². The van der Waals surface area contributed by atoms with Crippen LogP contribution < -0.4 is 15.4 Å². The Morgan fingerprint density at radius 3 is 2.61 bits per heavy atom. The largest absolute Gasteiger partial charge is 0.492 e. The molecule has 1 amide bonds. The summed E-state index contributed by atoms with van der Waals surface area (Å²) in [6.07, 6.45) is 1.61. The van der Waals surface area contributed by atoms with Crippen molar-refractivity contribution in [3.8, 4) is 5.75 Å². The van der Waals surface area contributed by atoms with Crippen molar-refractivity contribution in [2.75, 3.05) is 44.7 Å². The number of halogens is 2. The topological polar surface area (TPSA) is 92.9 Å². The molecule has 0 bridgehead atoms. The number of ether oxygens (including phenoxy) is 1. The van der Waals surface area contributed by atoms with Crippen molar-refractivity contribution < 1.29 is 22.3 Å². The monoisotopic (exact) mass is 495 g/mol. The number of hydrogen-bond acceptors (Lipinski definition) is 6. The minimum absolute atomic E-state index is 0.107. The first kappa shape index (κ1) is 23.9. The van der Waals surface area contributed by atoms with Gasteiger partial charge in [-0.25, -0.2) is 12.8 Å². The van der Waals surface area contributed by atoms with E-state index in [1.165, 1.54) is 6.07 Å². The van der Waals surface area contributed by atoms with E-state index < -0.39 is 21.9 Å². The summed E-state index contributed by atoms with van der Waals surface area (Å²) in [4.78, 5) is 16.7. The molecule has 2 aromatic rings. The van der Waals surface area contributed by atoms with Gasteiger partial charge in [-0.1, -0.05) is 11.6 Å². The fourth-order valence-corrected chi connectivity index (χ4v) is 5.75. The van der Waals surface area contributed by atoms with E-state index in [9.17, 15) is 17.6 Å². The second kappa shape index (κ2) is 9.58. The first-order valence-corrected chi connectivity index (χ1v) is 12.4. The molecular formula is C23H27ClFN3O4S. The third-order valence-corrected chi connectivity index (χ3v) is 7.75. The van der Waals surface area contributed by atoms with Crippen molar-refractivity contribution in [3.05, 3.63) is 52.3 Å². The predicted molar refractivity (Wildman–Crippen MR) is 125 cm³/mol. The van der Waals surface area contributed by atoms with E-state index in [0.717, 1.165) is 30.4 Å². The number of carbonyl (C=O) groups excluding carboxylic acids is 1. The van der Waals surface area contributed by atoms with Gasteiger partial charge in [-0.2, -0.15) is 0 Å². The normalized spacial score (nSPS) is 17.7. The first-order chi connectivity index (χ1) is 15.8. The van der Waals surface area contributed by atoms with Gasteiger partial charge in [0.25, 0.3) is 0 Å². The Kier molecular flexibility index (Phi) is 6.95. The Balaban J connectivity index is 1.39. The van der Waals surface area contributed by atoms with Crippen molar-refractivity contribution in [1.82, 2.24) is 4.90 Å². The summed E-state index contributed by atoms with van der Waals surface area (Å²) in [5.74, 6) is -0.440. The Bertz CT molecular complexity index is 1140. The van der Waals surface area contributed by atoms with Gasteiger partial charge in [-0.15, -0.1) is 0 Å². The standard InChI is InChI=1S/C23H27ClFN3O4S/c1-27-20-3-2-16(24)13-18(20)23(22(27)29)5-8-28(9-6-23)10-11-32-17-12-15(4-7-26)21(33(30)31)19(25)14-17/h2-3,12-14,33H,4-11,26H2,1H3. The number of likely N-dealkylation sites (tertiary alicyclic amines) is 1. The lowest BCUT2D eigenvalue weighted by atomic mass is 9.73. The number of nitrogens with two attached hydrogens (primary N) is 1. The highest BCUT2D eigenvalue weighted by molar-refractivity contribution is 7.72. The Morgan fingerprint density at radius 1 is 1.21 bits per heavy atom. The van der Waals surface area contributed by atoms with Crippen LogP contribution in [0.5, 0.6) is 5.75 Å². The van der Waals surface area contributed by atoms with Crippen LogP contribution in [0.3, 0.4) is 0 Å². The summed E-state index contributed by atoms with van der Waals surface area (Å²) in [5.41, 5.74) is 7.23. The van der Waals surface area contributed by atoms with Crippen LogP contribution in [0.2, 0.25) is 5.02 Å². The van der Waals surface area contributed by atoms with Crippen LogP contribution in [0.4, 0.5) is 10.1 Å². The smallest absolute Gasteiger partial charge is 0.237 e. The molecule has 2 aromatic carbocycles. The average molecular weight is 496 g/mol. The molecule has 2 N–H and O–H groups in total. The van der Waals surface area contributed by atoms with Crippen molar-refractivity contribution in [1.29, 1.82) is 0 Å². The van der Waals surface area contributed by atoms with Crippen LogP contribution in [0, 0.1) is 5.82 Å². The molecule has 1 spiro atoms. The third kappa shape index (κ3) is 4.47. The van der Waals surface area contributed by atoms with Gasteiger partial charge in [-0.3, -0.25) is 9.69 Å². The maximum atomic E-state index is 14.3. The fraction of sp³-hybridized carbons (Fsp3) is 0.435. The summed E-state index contributed by atoms with van der Waals surface area (Å²) in [5, 5.41) is 0.626. The van der Waals surface area contributed by atoms with Gasteiger partial charge in [0.15, 0.2) is 10.7 Å². The van der Waals surface area contributed by atoms with Crippen LogP contribution in [0.25, 0.3) is 0 Å². The minimum atomic E-state index is -3.05. The zero-order valence-electron chi connectivity index (χ0n) is 18.4. The van der Waals surface area contributed by atoms with Crippen LogP contribution in [0.1, 0.15) is 24.0 Å². The first-order valence-electron chi connectivity index (χ1n) is 10.9. The van der Waals surface area contributed by atoms with Crippen molar-refractivity contribution in [2.24, 2.45) is 5.73 Å². The fourth-order valence-electron chi connectivity index (χ4n) is 4.93. The number of nitrogens with zero attached hydrogens (tertiary/aromatic N) is 2. The average Bonchev–Trinajstić information content (AvgIpc) is 2.96. The Hall–Kier alpha value is -2.20. The number of thiol groups is 1. The molecule has 2 aliphatic heterocycles. The molecule has 1 saturated heterocycles. The number of likely N-dealkylation sites (N-methyl/N-ethyl adjacent to an activating group) is 1. The molecule has 0 atom stereocenters. The molecule has 4 rings (SSSR count). The zero-order valence-corrected chi connectivity index (χ0v) is 20.0. The molecule has 10 heteroatoms. The molecule has 33 heavy (non-hydrogen) atoms. The molecule has 0 aliphatic carbocycles. The molecule has 2 aliphatic rings. The molecule has 0 saturated carbocycles. The van der Waals surface area contributed by atoms with E-state index in [-0.39, 0.29) is 29.5 Å². The van der Waals surface area contributed by atoms with Gasteiger partial charge in [0.2, 0.25) is 5.91 Å². The second-order valence-electron chi connectivity index (χ2n) is 8.51. The van der Waals surface area contributed by atoms with E-state index in [1.54, 1.807) is 18.0 Å². The quantitative estimate of drug-likeness (QED) is 0.573. The van der Waals surface area contributed by atoms with E-state index in [1.807, 2.05) is 12.1 Å². The number of fused-ring (bicyclic) bond motifs is 2. The van der Waals surface area contributed by atoms with E-state index in [0.29, 0.717) is 36.6 Å². The summed E-state index contributed by atoms with van der Waals surface area (Å²) < 4.78 is 42.8. The van der Waals surface area contributed by atoms with Crippen LogP contribution >= 0.6 is 11.6 Å². The van der Waals surface area contributed by atoms with Crippen molar-refractivity contribution >= 4 is 33.9 Å². The molecule has 7 nitrogen and oxygen atoms in total. The van der Waals surface area contributed by atoms with Crippen LogP contribution in [-0.2, 0) is 27.3 Å². The van der Waals surface area contributed by atoms with Gasteiger partial charge >= 0.3 is 0 Å². The molecule has 0 radical (unpaired) electrons. The van der Waals surface area contributed by atoms with Crippen molar-refractivity contribution in [2.45, 2.75) is 29.6 Å². The second-order valence-corrected chi connectivity index (χ2v) is 9.90. The van der Waals surface area contributed by atoms with E-state index >= 15 is 0 Å². The van der Waals surface area contributed by atoms with Gasteiger partial charge in [0.1, 0.15) is 23.1 Å². The highest BCUT2D eigenvalue weighted by Gasteiger charge is 2.50. The number of benzene rings is 2. The van der Waals surface area contributed by atoms with E-state index in [2.05, 4.69) is 4.90 Å². The maximum Gasteiger partial charge on any atom is 0.237 e. The summed E-state index contributed by atoms with van der Waals surface area (Å²) in [7, 11) is -1.25.